The third-order valence-electron chi connectivity index (χ3n) is 3.82. The summed E-state index contributed by atoms with van der Waals surface area (Å²) in [5.74, 6) is 0.164. The summed E-state index contributed by atoms with van der Waals surface area (Å²) in [6.07, 6.45) is 0.511. The van der Waals surface area contributed by atoms with Crippen molar-refractivity contribution in [1.82, 2.24) is 9.62 Å². The number of hydrogen-bond donors (Lipinski definition) is 1. The topological polar surface area (TPSA) is 58.6 Å². The summed E-state index contributed by atoms with van der Waals surface area (Å²) >= 11 is 0. The molecule has 1 aliphatic heterocycles. The number of nitrogens with zero attached hydrogens (tertiary/aromatic N) is 1. The summed E-state index contributed by atoms with van der Waals surface area (Å²) in [7, 11) is -3.21. The predicted molar refractivity (Wildman–Crippen MR) is 88.1 cm³/mol. The fourth-order valence-electron chi connectivity index (χ4n) is 2.71. The highest BCUT2D eigenvalue weighted by molar-refractivity contribution is 7.89. The largest absolute Gasteiger partial charge is 0.374 e. The Bertz CT molecular complexity index is 548. The minimum absolute atomic E-state index is 0.107. The highest BCUT2D eigenvalue weighted by Gasteiger charge is 2.27. The highest BCUT2D eigenvalue weighted by atomic mass is 32.2. The second-order valence-electron chi connectivity index (χ2n) is 5.86. The van der Waals surface area contributed by atoms with Crippen molar-refractivity contribution in [2.75, 3.05) is 25.4 Å². The maximum Gasteiger partial charge on any atom is 0.211 e. The number of morpholine rings is 1. The van der Waals surface area contributed by atoms with Crippen molar-refractivity contribution in [3.05, 3.63) is 35.9 Å². The lowest BCUT2D eigenvalue weighted by Gasteiger charge is -2.36. The van der Waals surface area contributed by atoms with Crippen LogP contribution in [0.4, 0.5) is 0 Å². The molecule has 2 rings (SSSR count). The molecule has 0 aliphatic carbocycles. The quantitative estimate of drug-likeness (QED) is 0.827. The summed E-state index contributed by atoms with van der Waals surface area (Å²) < 4.78 is 32.2. The molecule has 22 heavy (non-hydrogen) atoms. The van der Waals surface area contributed by atoms with Crippen LogP contribution in [0.2, 0.25) is 0 Å². The average Bonchev–Trinajstić information content (AvgIpc) is 2.48. The van der Waals surface area contributed by atoms with Gasteiger partial charge in [-0.1, -0.05) is 37.3 Å². The summed E-state index contributed by atoms with van der Waals surface area (Å²) in [6.45, 7) is 6.86. The van der Waals surface area contributed by atoms with E-state index in [2.05, 4.69) is 21.8 Å². The van der Waals surface area contributed by atoms with E-state index in [1.165, 1.54) is 5.56 Å². The van der Waals surface area contributed by atoms with Crippen LogP contribution in [0, 0.1) is 0 Å². The molecule has 1 heterocycles. The molecule has 1 saturated heterocycles. The molecular formula is C16H26N2O3S. The molecule has 1 aromatic rings. The first kappa shape index (κ1) is 17.4. The molecule has 6 heteroatoms. The average molecular weight is 326 g/mol. The van der Waals surface area contributed by atoms with E-state index in [4.69, 9.17) is 4.74 Å². The molecule has 0 bridgehead atoms. The Morgan fingerprint density at radius 1 is 1.36 bits per heavy atom. The third-order valence-corrected chi connectivity index (χ3v) is 5.50. The van der Waals surface area contributed by atoms with Crippen LogP contribution in [-0.4, -0.2) is 50.9 Å². The fourth-order valence-corrected chi connectivity index (χ4v) is 4.08. The highest BCUT2D eigenvalue weighted by Crippen LogP contribution is 2.13. The van der Waals surface area contributed by atoms with Crippen LogP contribution < -0.4 is 4.72 Å². The lowest BCUT2D eigenvalue weighted by atomic mass is 10.1. The van der Waals surface area contributed by atoms with Crippen LogP contribution in [0.1, 0.15) is 25.8 Å². The van der Waals surface area contributed by atoms with Crippen LogP contribution in [0.3, 0.4) is 0 Å². The molecule has 5 nitrogen and oxygen atoms in total. The Morgan fingerprint density at radius 3 is 2.77 bits per heavy atom. The third kappa shape index (κ3) is 5.35. The molecule has 0 saturated carbocycles. The van der Waals surface area contributed by atoms with Crippen LogP contribution in [-0.2, 0) is 21.3 Å². The molecule has 0 aromatic heterocycles. The van der Waals surface area contributed by atoms with Gasteiger partial charge in [-0.15, -0.1) is 0 Å². The molecule has 1 aromatic carbocycles. The van der Waals surface area contributed by atoms with E-state index >= 15 is 0 Å². The van der Waals surface area contributed by atoms with E-state index < -0.39 is 10.0 Å². The number of ether oxygens (including phenoxy) is 1. The number of rotatable bonds is 7. The van der Waals surface area contributed by atoms with E-state index in [9.17, 15) is 8.42 Å². The van der Waals surface area contributed by atoms with Gasteiger partial charge in [-0.2, -0.15) is 0 Å². The molecule has 1 aliphatic rings. The number of nitrogens with one attached hydrogen (secondary N) is 1. The van der Waals surface area contributed by atoms with Gasteiger partial charge in [0, 0.05) is 25.7 Å². The van der Waals surface area contributed by atoms with Crippen LogP contribution in [0.15, 0.2) is 30.3 Å². The summed E-state index contributed by atoms with van der Waals surface area (Å²) in [6, 6.07) is 10.1. The molecule has 1 fully saturated rings. The normalized spacial score (nSPS) is 21.6. The van der Waals surface area contributed by atoms with Crippen LogP contribution in [0.5, 0.6) is 0 Å². The maximum atomic E-state index is 11.9. The van der Waals surface area contributed by atoms with Crippen molar-refractivity contribution in [2.45, 2.75) is 39.0 Å². The van der Waals surface area contributed by atoms with E-state index in [0.29, 0.717) is 13.0 Å². The van der Waals surface area contributed by atoms with Gasteiger partial charge in [0.1, 0.15) is 0 Å². The SMILES string of the molecule is CCCS(=O)(=O)NC(C)C1CN(Cc2ccccc2)CCO1. The molecule has 124 valence electrons. The predicted octanol–water partition coefficient (Wildman–Crippen LogP) is 1.61. The molecule has 0 radical (unpaired) electrons. The Balaban J connectivity index is 1.90. The minimum Gasteiger partial charge on any atom is -0.374 e. The summed E-state index contributed by atoms with van der Waals surface area (Å²) in [5.41, 5.74) is 1.27. The molecule has 0 amide bonds. The zero-order valence-corrected chi connectivity index (χ0v) is 14.2. The number of hydrogen-bond acceptors (Lipinski definition) is 4. The van der Waals surface area contributed by atoms with Crippen molar-refractivity contribution < 1.29 is 13.2 Å². The standard InChI is InChI=1S/C16H26N2O3S/c1-3-11-22(19,20)17-14(2)16-13-18(9-10-21-16)12-15-7-5-4-6-8-15/h4-8,14,16-17H,3,9-13H2,1-2H3. The lowest BCUT2D eigenvalue weighted by molar-refractivity contribution is -0.0427. The molecule has 1 N–H and O–H groups in total. The monoisotopic (exact) mass is 326 g/mol. The van der Waals surface area contributed by atoms with Gasteiger partial charge in [0.05, 0.1) is 18.5 Å². The van der Waals surface area contributed by atoms with Crippen molar-refractivity contribution in [2.24, 2.45) is 0 Å². The van der Waals surface area contributed by atoms with Gasteiger partial charge < -0.3 is 4.74 Å². The number of sulfonamides is 1. The van der Waals surface area contributed by atoms with E-state index in [0.717, 1.165) is 19.6 Å². The van der Waals surface area contributed by atoms with Crippen molar-refractivity contribution in [3.8, 4) is 0 Å². The van der Waals surface area contributed by atoms with E-state index in [1.54, 1.807) is 0 Å². The zero-order valence-electron chi connectivity index (χ0n) is 13.4. The number of benzene rings is 1. The van der Waals surface area contributed by atoms with Gasteiger partial charge in [-0.3, -0.25) is 4.90 Å². The van der Waals surface area contributed by atoms with Crippen molar-refractivity contribution in [1.29, 1.82) is 0 Å². The first-order valence-corrected chi connectivity index (χ1v) is 9.53. The minimum atomic E-state index is -3.21. The second-order valence-corrected chi connectivity index (χ2v) is 7.73. The smallest absolute Gasteiger partial charge is 0.211 e. The van der Waals surface area contributed by atoms with E-state index in [-0.39, 0.29) is 17.9 Å². The summed E-state index contributed by atoms with van der Waals surface area (Å²) in [4.78, 5) is 2.31. The second kappa shape index (κ2) is 8.06. The van der Waals surface area contributed by atoms with E-state index in [1.807, 2.05) is 32.0 Å². The summed E-state index contributed by atoms with van der Waals surface area (Å²) in [5, 5.41) is 0. The zero-order chi connectivity index (χ0) is 16.0. The Hall–Kier alpha value is -0.950. The van der Waals surface area contributed by atoms with Gasteiger partial charge >= 0.3 is 0 Å². The molecule has 2 atom stereocenters. The van der Waals surface area contributed by atoms with Crippen LogP contribution >= 0.6 is 0 Å². The first-order chi connectivity index (χ1) is 10.5. The van der Waals surface area contributed by atoms with Gasteiger partial charge in [-0.25, -0.2) is 13.1 Å². The Kier molecular flexibility index (Phi) is 6.37. The van der Waals surface area contributed by atoms with Gasteiger partial charge in [-0.05, 0) is 18.9 Å². The lowest BCUT2D eigenvalue weighted by Crippen LogP contribution is -2.52. The van der Waals surface area contributed by atoms with Gasteiger partial charge in [0.15, 0.2) is 0 Å². The molecular weight excluding hydrogens is 300 g/mol. The van der Waals surface area contributed by atoms with Gasteiger partial charge in [0.2, 0.25) is 10.0 Å². The van der Waals surface area contributed by atoms with Crippen molar-refractivity contribution >= 4 is 10.0 Å². The Labute approximate surface area is 133 Å². The molecule has 2 unspecified atom stereocenters. The fraction of sp³-hybridized carbons (Fsp3) is 0.625. The van der Waals surface area contributed by atoms with Crippen LogP contribution in [0.25, 0.3) is 0 Å². The maximum absolute atomic E-state index is 11.9. The van der Waals surface area contributed by atoms with Gasteiger partial charge in [0.25, 0.3) is 0 Å². The Morgan fingerprint density at radius 2 is 2.09 bits per heavy atom. The molecule has 0 spiro atoms. The first-order valence-electron chi connectivity index (χ1n) is 7.88. The van der Waals surface area contributed by atoms with Crippen molar-refractivity contribution in [3.63, 3.8) is 0 Å².